The van der Waals surface area contributed by atoms with Crippen LogP contribution in [0.4, 0.5) is 0 Å². The fraction of sp³-hybridized carbons (Fsp3) is 0. The van der Waals surface area contributed by atoms with Gasteiger partial charge in [-0.15, -0.1) is 34.0 Å². The summed E-state index contributed by atoms with van der Waals surface area (Å²) in [7, 11) is 0. The van der Waals surface area contributed by atoms with E-state index >= 15 is 0 Å². The maximum absolute atomic E-state index is 12.5. The third kappa shape index (κ3) is 1.99. The first-order chi connectivity index (χ1) is 12.8. The molecule has 2 nitrogen and oxygen atoms in total. The summed E-state index contributed by atoms with van der Waals surface area (Å²) in [6.45, 7) is 0. The number of benzene rings is 2. The van der Waals surface area contributed by atoms with Gasteiger partial charge in [-0.25, -0.2) is 4.79 Å². The zero-order valence-electron chi connectivity index (χ0n) is 13.3. The second-order valence-electron chi connectivity index (χ2n) is 6.17. The van der Waals surface area contributed by atoms with Crippen molar-refractivity contribution in [3.63, 3.8) is 0 Å². The molecule has 0 N–H and O–H groups in total. The monoisotopic (exact) mass is 390 g/mol. The van der Waals surface area contributed by atoms with Crippen LogP contribution in [-0.4, -0.2) is 0 Å². The molecule has 6 aromatic rings. The molecule has 0 amide bonds. The van der Waals surface area contributed by atoms with Gasteiger partial charge in [-0.2, -0.15) is 0 Å². The molecule has 2 aromatic carbocycles. The van der Waals surface area contributed by atoms with Gasteiger partial charge >= 0.3 is 5.63 Å². The second-order valence-corrected chi connectivity index (χ2v) is 9.22. The van der Waals surface area contributed by atoms with Gasteiger partial charge in [0.15, 0.2) is 0 Å². The lowest BCUT2D eigenvalue weighted by Crippen LogP contribution is -1.99. The van der Waals surface area contributed by atoms with E-state index in [4.69, 9.17) is 4.42 Å². The molecule has 0 saturated heterocycles. The minimum atomic E-state index is -0.278. The summed E-state index contributed by atoms with van der Waals surface area (Å²) in [6, 6.07) is 18.2. The summed E-state index contributed by atoms with van der Waals surface area (Å²) >= 11 is 5.42. The largest absolute Gasteiger partial charge is 0.422 e. The summed E-state index contributed by atoms with van der Waals surface area (Å²) in [5.74, 6) is 0. The molecule has 0 fully saturated rings. The predicted molar refractivity (Wildman–Crippen MR) is 114 cm³/mol. The summed E-state index contributed by atoms with van der Waals surface area (Å²) < 4.78 is 10.9. The normalized spacial score (nSPS) is 12.0. The van der Waals surface area contributed by atoms with E-state index in [2.05, 4.69) is 23.6 Å². The Balaban J connectivity index is 1.62. The minimum Gasteiger partial charge on any atom is -0.422 e. The average Bonchev–Trinajstić information content (AvgIpc) is 3.34. The molecule has 0 unspecified atom stereocenters. The van der Waals surface area contributed by atoms with E-state index in [0.29, 0.717) is 11.0 Å². The highest BCUT2D eigenvalue weighted by Gasteiger charge is 2.13. The first-order valence-corrected chi connectivity index (χ1v) is 10.6. The van der Waals surface area contributed by atoms with Gasteiger partial charge in [0.1, 0.15) is 5.58 Å². The Hall–Kier alpha value is -2.47. The van der Waals surface area contributed by atoms with Gasteiger partial charge in [-0.3, -0.25) is 0 Å². The van der Waals surface area contributed by atoms with Crippen molar-refractivity contribution in [1.29, 1.82) is 0 Å². The molecule has 6 rings (SSSR count). The Bertz CT molecular complexity index is 1510. The van der Waals surface area contributed by atoms with Crippen molar-refractivity contribution in [2.75, 3.05) is 0 Å². The van der Waals surface area contributed by atoms with Crippen LogP contribution in [0.2, 0.25) is 0 Å². The third-order valence-electron chi connectivity index (χ3n) is 4.66. The van der Waals surface area contributed by atoms with Crippen LogP contribution < -0.4 is 5.63 Å². The molecule has 0 aliphatic heterocycles. The zero-order valence-corrected chi connectivity index (χ0v) is 15.8. The number of hydrogen-bond donors (Lipinski definition) is 0. The first kappa shape index (κ1) is 14.7. The van der Waals surface area contributed by atoms with Crippen LogP contribution >= 0.6 is 34.0 Å². The molecule has 0 aliphatic rings. The van der Waals surface area contributed by atoms with Crippen LogP contribution in [0.5, 0.6) is 0 Å². The van der Waals surface area contributed by atoms with Crippen molar-refractivity contribution in [3.05, 3.63) is 70.4 Å². The van der Waals surface area contributed by atoms with Crippen molar-refractivity contribution in [3.8, 4) is 10.4 Å². The topological polar surface area (TPSA) is 30.2 Å². The van der Waals surface area contributed by atoms with E-state index in [1.165, 1.54) is 23.7 Å². The van der Waals surface area contributed by atoms with Crippen molar-refractivity contribution in [2.45, 2.75) is 0 Å². The lowest BCUT2D eigenvalue weighted by Gasteiger charge is -2.04. The summed E-state index contributed by atoms with van der Waals surface area (Å²) in [6.07, 6.45) is 0. The Kier molecular flexibility index (Phi) is 2.97. The maximum atomic E-state index is 12.5. The standard InChI is InChI=1S/C21H10O2S3/c22-21-14-9-11(5-6-12(14)13-3-1-2-4-15(13)23-21)17-10-18-20(26-17)19-16(25-18)7-8-24-19/h1-10H. The maximum Gasteiger partial charge on any atom is 0.344 e. The van der Waals surface area contributed by atoms with Crippen molar-refractivity contribution >= 4 is 74.6 Å². The van der Waals surface area contributed by atoms with E-state index in [0.717, 1.165) is 16.3 Å². The molecule has 0 bridgehead atoms. The highest BCUT2D eigenvalue weighted by atomic mass is 32.1. The fourth-order valence-electron chi connectivity index (χ4n) is 3.45. The van der Waals surface area contributed by atoms with Gasteiger partial charge in [-0.1, -0.05) is 30.3 Å². The van der Waals surface area contributed by atoms with Crippen molar-refractivity contribution in [2.24, 2.45) is 0 Å². The van der Waals surface area contributed by atoms with Crippen LogP contribution in [0.25, 0.3) is 51.0 Å². The third-order valence-corrected chi connectivity index (χ3v) is 8.28. The molecule has 4 aromatic heterocycles. The Labute approximate surface area is 159 Å². The van der Waals surface area contributed by atoms with Gasteiger partial charge < -0.3 is 4.42 Å². The van der Waals surface area contributed by atoms with E-state index in [1.807, 2.05) is 47.7 Å². The summed E-state index contributed by atoms with van der Waals surface area (Å²) in [4.78, 5) is 13.7. The lowest BCUT2D eigenvalue weighted by molar-refractivity contribution is 0.569. The number of fused-ring (bicyclic) bond motifs is 6. The highest BCUT2D eigenvalue weighted by Crippen LogP contribution is 2.45. The molecular weight excluding hydrogens is 380 g/mol. The van der Waals surface area contributed by atoms with Gasteiger partial charge in [0, 0.05) is 19.7 Å². The Morgan fingerprint density at radius 2 is 1.69 bits per heavy atom. The van der Waals surface area contributed by atoms with Crippen LogP contribution in [0.3, 0.4) is 0 Å². The quantitative estimate of drug-likeness (QED) is 0.221. The van der Waals surface area contributed by atoms with E-state index < -0.39 is 0 Å². The fourth-order valence-corrected chi connectivity index (χ4v) is 7.21. The molecule has 0 aliphatic carbocycles. The molecule has 5 heteroatoms. The SMILES string of the molecule is O=c1oc2ccccc2c2ccc(-c3cc4sc5ccsc5c4s3)cc12. The minimum absolute atomic E-state index is 0.278. The van der Waals surface area contributed by atoms with Crippen molar-refractivity contribution in [1.82, 2.24) is 0 Å². The molecule has 0 atom stereocenters. The molecule has 124 valence electrons. The lowest BCUT2D eigenvalue weighted by atomic mass is 10.0. The second kappa shape index (κ2) is 5.27. The van der Waals surface area contributed by atoms with Crippen LogP contribution in [0.15, 0.2) is 69.2 Å². The van der Waals surface area contributed by atoms with Gasteiger partial charge in [-0.05, 0) is 40.6 Å². The molecule has 0 spiro atoms. The molecule has 0 radical (unpaired) electrons. The molecule has 4 heterocycles. The molecular formula is C21H10O2S3. The zero-order chi connectivity index (χ0) is 17.3. The average molecular weight is 391 g/mol. The number of hydrogen-bond acceptors (Lipinski definition) is 5. The van der Waals surface area contributed by atoms with E-state index in [1.54, 1.807) is 22.7 Å². The predicted octanol–water partition coefficient (Wildman–Crippen LogP) is 7.10. The van der Waals surface area contributed by atoms with Crippen LogP contribution in [0.1, 0.15) is 0 Å². The summed E-state index contributed by atoms with van der Waals surface area (Å²) in [5.41, 5.74) is 1.42. The van der Waals surface area contributed by atoms with Crippen LogP contribution in [0, 0.1) is 0 Å². The van der Waals surface area contributed by atoms with Gasteiger partial charge in [0.2, 0.25) is 0 Å². The van der Waals surface area contributed by atoms with Gasteiger partial charge in [0.25, 0.3) is 0 Å². The van der Waals surface area contributed by atoms with E-state index in [-0.39, 0.29) is 5.63 Å². The Morgan fingerprint density at radius 1 is 0.769 bits per heavy atom. The first-order valence-electron chi connectivity index (χ1n) is 8.13. The number of rotatable bonds is 1. The molecule has 26 heavy (non-hydrogen) atoms. The van der Waals surface area contributed by atoms with Crippen LogP contribution in [-0.2, 0) is 0 Å². The number of thiophene rings is 3. The number of para-hydroxylation sites is 1. The van der Waals surface area contributed by atoms with Crippen molar-refractivity contribution < 1.29 is 4.42 Å². The highest BCUT2D eigenvalue weighted by molar-refractivity contribution is 7.38. The Morgan fingerprint density at radius 3 is 2.65 bits per heavy atom. The molecule has 0 saturated carbocycles. The van der Waals surface area contributed by atoms with Gasteiger partial charge in [0.05, 0.1) is 14.8 Å². The van der Waals surface area contributed by atoms with E-state index in [9.17, 15) is 4.79 Å². The smallest absolute Gasteiger partial charge is 0.344 e. The summed E-state index contributed by atoms with van der Waals surface area (Å²) in [5, 5.41) is 4.70.